The number of amides is 1. The second-order valence-corrected chi connectivity index (χ2v) is 7.72. The molecule has 0 bridgehead atoms. The summed E-state index contributed by atoms with van der Waals surface area (Å²) in [6, 6.07) is 2.40. The third kappa shape index (κ3) is 3.68. The first-order valence-electron chi connectivity index (χ1n) is 10.0. The van der Waals surface area contributed by atoms with Gasteiger partial charge in [-0.3, -0.25) is 9.36 Å². The molecule has 2 aliphatic rings. The van der Waals surface area contributed by atoms with Gasteiger partial charge in [0, 0.05) is 50.1 Å². The van der Waals surface area contributed by atoms with Gasteiger partial charge in [0.15, 0.2) is 0 Å². The van der Waals surface area contributed by atoms with Crippen LogP contribution in [0.25, 0.3) is 5.82 Å². The number of nitrogens with zero attached hydrogens (tertiary/aromatic N) is 6. The maximum atomic E-state index is 12.9. The molecule has 4 heterocycles. The standard InChI is InChI=1S/C20H28N6O/c1-15-5-3-4-9-25(15)20(27)17-6-10-24(11-7-17)18-13-19(23-14-22-18)26-12-8-21-16(26)2/h8,12-15,17H,3-7,9-11H2,1-2H3. The number of carbonyl (C=O) groups excluding carboxylic acids is 1. The van der Waals surface area contributed by atoms with E-state index in [4.69, 9.17) is 0 Å². The molecule has 0 aliphatic carbocycles. The lowest BCUT2D eigenvalue weighted by molar-refractivity contribution is -0.139. The third-order valence-corrected chi connectivity index (χ3v) is 5.97. The molecule has 0 aromatic carbocycles. The molecule has 2 aromatic heterocycles. The van der Waals surface area contributed by atoms with Crippen molar-refractivity contribution in [3.05, 3.63) is 30.6 Å². The zero-order chi connectivity index (χ0) is 18.8. The van der Waals surface area contributed by atoms with Crippen molar-refractivity contribution in [1.29, 1.82) is 0 Å². The smallest absolute Gasteiger partial charge is 0.226 e. The van der Waals surface area contributed by atoms with E-state index in [1.165, 1.54) is 6.42 Å². The van der Waals surface area contributed by atoms with Crippen molar-refractivity contribution in [2.45, 2.75) is 52.0 Å². The van der Waals surface area contributed by atoms with Gasteiger partial charge in [0.1, 0.15) is 23.8 Å². The lowest BCUT2D eigenvalue weighted by Gasteiger charge is -2.39. The van der Waals surface area contributed by atoms with E-state index in [1.807, 2.05) is 23.8 Å². The minimum atomic E-state index is 0.152. The Bertz CT molecular complexity index is 795. The Kier molecular flexibility index (Phi) is 5.09. The average Bonchev–Trinajstić information content (AvgIpc) is 3.14. The quantitative estimate of drug-likeness (QED) is 0.833. The minimum Gasteiger partial charge on any atom is -0.356 e. The molecule has 1 amide bonds. The van der Waals surface area contributed by atoms with Gasteiger partial charge in [0.05, 0.1) is 0 Å². The van der Waals surface area contributed by atoms with Gasteiger partial charge in [-0.15, -0.1) is 0 Å². The highest BCUT2D eigenvalue weighted by Gasteiger charge is 2.32. The van der Waals surface area contributed by atoms with Crippen molar-refractivity contribution in [2.24, 2.45) is 5.92 Å². The molecule has 0 N–H and O–H groups in total. The molecule has 144 valence electrons. The first-order valence-corrected chi connectivity index (χ1v) is 10.0. The number of rotatable bonds is 3. The van der Waals surface area contributed by atoms with Crippen molar-refractivity contribution in [1.82, 2.24) is 24.4 Å². The number of aryl methyl sites for hydroxylation is 1. The van der Waals surface area contributed by atoms with E-state index in [0.29, 0.717) is 11.9 Å². The Labute approximate surface area is 160 Å². The van der Waals surface area contributed by atoms with Gasteiger partial charge >= 0.3 is 0 Å². The first-order chi connectivity index (χ1) is 13.1. The predicted octanol–water partition coefficient (Wildman–Crippen LogP) is 2.59. The number of anilines is 1. The summed E-state index contributed by atoms with van der Waals surface area (Å²) < 4.78 is 1.96. The molecular formula is C20H28N6O. The van der Waals surface area contributed by atoms with E-state index in [9.17, 15) is 4.79 Å². The van der Waals surface area contributed by atoms with Crippen LogP contribution in [0.15, 0.2) is 24.8 Å². The van der Waals surface area contributed by atoms with Gasteiger partial charge in [-0.05, 0) is 46.0 Å². The van der Waals surface area contributed by atoms with Gasteiger partial charge in [-0.25, -0.2) is 15.0 Å². The minimum absolute atomic E-state index is 0.152. The normalized spacial score (nSPS) is 21.5. The highest BCUT2D eigenvalue weighted by molar-refractivity contribution is 5.79. The molecule has 0 saturated carbocycles. The van der Waals surface area contributed by atoms with Crippen LogP contribution in [0.3, 0.4) is 0 Å². The maximum absolute atomic E-state index is 12.9. The maximum Gasteiger partial charge on any atom is 0.226 e. The van der Waals surface area contributed by atoms with Gasteiger partial charge in [0.25, 0.3) is 0 Å². The Morgan fingerprint density at radius 3 is 2.52 bits per heavy atom. The molecule has 0 radical (unpaired) electrons. The second-order valence-electron chi connectivity index (χ2n) is 7.72. The predicted molar refractivity (Wildman–Crippen MR) is 104 cm³/mol. The summed E-state index contributed by atoms with van der Waals surface area (Å²) in [5.74, 6) is 3.17. The molecule has 0 spiro atoms. The summed E-state index contributed by atoms with van der Waals surface area (Å²) in [7, 11) is 0. The number of carbonyl (C=O) groups is 1. The number of likely N-dealkylation sites (tertiary alicyclic amines) is 1. The van der Waals surface area contributed by atoms with Crippen molar-refractivity contribution in [2.75, 3.05) is 24.5 Å². The van der Waals surface area contributed by atoms with E-state index in [1.54, 1.807) is 12.5 Å². The van der Waals surface area contributed by atoms with E-state index < -0.39 is 0 Å². The Morgan fingerprint density at radius 2 is 1.81 bits per heavy atom. The summed E-state index contributed by atoms with van der Waals surface area (Å²) in [6.07, 6.45) is 10.6. The van der Waals surface area contributed by atoms with E-state index >= 15 is 0 Å². The summed E-state index contributed by atoms with van der Waals surface area (Å²) in [5, 5.41) is 0. The summed E-state index contributed by atoms with van der Waals surface area (Å²) >= 11 is 0. The van der Waals surface area contributed by atoms with Crippen LogP contribution < -0.4 is 4.90 Å². The van der Waals surface area contributed by atoms with Gasteiger partial charge in [-0.1, -0.05) is 0 Å². The largest absolute Gasteiger partial charge is 0.356 e. The van der Waals surface area contributed by atoms with Crippen LogP contribution in [-0.2, 0) is 4.79 Å². The van der Waals surface area contributed by atoms with Gasteiger partial charge in [0.2, 0.25) is 5.91 Å². The third-order valence-electron chi connectivity index (χ3n) is 5.97. The molecule has 4 rings (SSSR count). The van der Waals surface area contributed by atoms with Gasteiger partial charge in [-0.2, -0.15) is 0 Å². The molecule has 1 unspecified atom stereocenters. The zero-order valence-corrected chi connectivity index (χ0v) is 16.2. The lowest BCUT2D eigenvalue weighted by Crippen LogP contribution is -2.48. The van der Waals surface area contributed by atoms with Crippen LogP contribution in [0.2, 0.25) is 0 Å². The highest BCUT2D eigenvalue weighted by Crippen LogP contribution is 2.27. The second kappa shape index (κ2) is 7.66. The summed E-state index contributed by atoms with van der Waals surface area (Å²) in [4.78, 5) is 30.4. The fraction of sp³-hybridized carbons (Fsp3) is 0.600. The zero-order valence-electron chi connectivity index (χ0n) is 16.2. The van der Waals surface area contributed by atoms with Crippen molar-refractivity contribution < 1.29 is 4.79 Å². The molecule has 2 aliphatic heterocycles. The average molecular weight is 368 g/mol. The van der Waals surface area contributed by atoms with Crippen molar-refractivity contribution in [3.8, 4) is 5.82 Å². The van der Waals surface area contributed by atoms with Gasteiger partial charge < -0.3 is 9.80 Å². The molecule has 1 atom stereocenters. The van der Waals surface area contributed by atoms with Crippen LogP contribution in [0.5, 0.6) is 0 Å². The molecule has 7 nitrogen and oxygen atoms in total. The molecule has 27 heavy (non-hydrogen) atoms. The fourth-order valence-electron chi connectivity index (χ4n) is 4.28. The highest BCUT2D eigenvalue weighted by atomic mass is 16.2. The van der Waals surface area contributed by atoms with Crippen LogP contribution in [0.1, 0.15) is 44.9 Å². The topological polar surface area (TPSA) is 67.2 Å². The number of hydrogen-bond acceptors (Lipinski definition) is 5. The number of piperidine rings is 2. The van der Waals surface area contributed by atoms with E-state index in [0.717, 1.165) is 62.8 Å². The van der Waals surface area contributed by atoms with Crippen LogP contribution in [0.4, 0.5) is 5.82 Å². The van der Waals surface area contributed by atoms with E-state index in [2.05, 4.69) is 31.7 Å². The molecular weight excluding hydrogens is 340 g/mol. The number of aromatic nitrogens is 4. The SMILES string of the molecule is Cc1nccn1-c1cc(N2CCC(C(=O)N3CCCCC3C)CC2)ncn1. The van der Waals surface area contributed by atoms with Crippen molar-refractivity contribution >= 4 is 11.7 Å². The molecule has 2 fully saturated rings. The Morgan fingerprint density at radius 1 is 1.04 bits per heavy atom. The molecule has 7 heteroatoms. The van der Waals surface area contributed by atoms with E-state index in [-0.39, 0.29) is 5.92 Å². The Hall–Kier alpha value is -2.44. The van der Waals surface area contributed by atoms with Crippen molar-refractivity contribution in [3.63, 3.8) is 0 Å². The number of hydrogen-bond donors (Lipinski definition) is 0. The van der Waals surface area contributed by atoms with Crippen LogP contribution in [-0.4, -0.2) is 56.0 Å². The molecule has 2 aromatic rings. The van der Waals surface area contributed by atoms with Crippen LogP contribution in [0, 0.1) is 12.8 Å². The monoisotopic (exact) mass is 368 g/mol. The number of imidazole rings is 1. The lowest BCUT2D eigenvalue weighted by atomic mass is 9.93. The fourth-order valence-corrected chi connectivity index (χ4v) is 4.28. The van der Waals surface area contributed by atoms with Crippen LogP contribution >= 0.6 is 0 Å². The molecule has 2 saturated heterocycles. The summed E-state index contributed by atoms with van der Waals surface area (Å²) in [5.41, 5.74) is 0. The first kappa shape index (κ1) is 17.9. The Balaban J connectivity index is 1.41. The summed E-state index contributed by atoms with van der Waals surface area (Å²) in [6.45, 7) is 6.79.